The van der Waals surface area contributed by atoms with Crippen molar-refractivity contribution in [2.45, 2.75) is 6.92 Å². The van der Waals surface area contributed by atoms with E-state index in [0.717, 1.165) is 36.8 Å². The van der Waals surface area contributed by atoms with Gasteiger partial charge in [-0.05, 0) is 31.2 Å². The molecule has 0 aromatic heterocycles. The molecule has 2 rings (SSSR count). The van der Waals surface area contributed by atoms with E-state index in [1.165, 1.54) is 0 Å². The van der Waals surface area contributed by atoms with Crippen LogP contribution < -0.4 is 15.1 Å². The molecule has 1 heterocycles. The second-order valence-electron chi connectivity index (χ2n) is 5.20. The standard InChI is InChI=1S/C15H21N3O4/c1-2-22-15(21)16-14(20)11-17-7-9-18(10-8-17)12-3-5-13(19)6-4-12/h3-6,19H,2,7-11H2,1H3,(H,16,20,21)/p+1. The number of rotatable bonds is 4. The Hall–Kier alpha value is -2.28. The largest absolute Gasteiger partial charge is 0.508 e. The van der Waals surface area contributed by atoms with Crippen LogP contribution >= 0.6 is 0 Å². The molecule has 22 heavy (non-hydrogen) atoms. The van der Waals surface area contributed by atoms with Crippen LogP contribution in [-0.2, 0) is 9.53 Å². The first-order valence-corrected chi connectivity index (χ1v) is 7.42. The Morgan fingerprint density at radius 2 is 1.91 bits per heavy atom. The molecule has 1 aliphatic rings. The average molecular weight is 308 g/mol. The third-order valence-electron chi connectivity index (χ3n) is 3.61. The lowest BCUT2D eigenvalue weighted by atomic mass is 10.2. The summed E-state index contributed by atoms with van der Waals surface area (Å²) < 4.78 is 4.68. The fourth-order valence-corrected chi connectivity index (χ4v) is 2.47. The molecule has 0 bridgehead atoms. The van der Waals surface area contributed by atoms with Gasteiger partial charge in [0, 0.05) is 5.69 Å². The maximum absolute atomic E-state index is 11.7. The molecule has 1 saturated heterocycles. The summed E-state index contributed by atoms with van der Waals surface area (Å²) in [5.41, 5.74) is 1.06. The topological polar surface area (TPSA) is 83.3 Å². The summed E-state index contributed by atoms with van der Waals surface area (Å²) in [5, 5.41) is 11.5. The van der Waals surface area contributed by atoms with Crippen LogP contribution in [0, 0.1) is 0 Å². The third kappa shape index (κ3) is 4.63. The molecule has 1 aliphatic heterocycles. The number of phenolic OH excluding ortho intramolecular Hbond substituents is 1. The molecule has 2 amide bonds. The number of ether oxygens (including phenoxy) is 1. The summed E-state index contributed by atoms with van der Waals surface area (Å²) in [6.07, 6.45) is -0.686. The molecule has 0 unspecified atom stereocenters. The number of aromatic hydroxyl groups is 1. The van der Waals surface area contributed by atoms with Crippen molar-refractivity contribution in [1.29, 1.82) is 0 Å². The molecule has 0 atom stereocenters. The molecular weight excluding hydrogens is 286 g/mol. The van der Waals surface area contributed by atoms with Crippen LogP contribution in [0.1, 0.15) is 6.92 Å². The number of hydrogen-bond donors (Lipinski definition) is 3. The van der Waals surface area contributed by atoms with Gasteiger partial charge >= 0.3 is 6.09 Å². The molecule has 7 heteroatoms. The van der Waals surface area contributed by atoms with Gasteiger partial charge in [-0.15, -0.1) is 0 Å². The van der Waals surface area contributed by atoms with Crippen molar-refractivity contribution in [2.24, 2.45) is 0 Å². The van der Waals surface area contributed by atoms with Crippen molar-refractivity contribution in [3.8, 4) is 5.75 Å². The summed E-state index contributed by atoms with van der Waals surface area (Å²) in [5.74, 6) is -0.0600. The number of anilines is 1. The van der Waals surface area contributed by atoms with E-state index in [1.54, 1.807) is 19.1 Å². The van der Waals surface area contributed by atoms with E-state index in [1.807, 2.05) is 12.1 Å². The minimum absolute atomic E-state index is 0.247. The summed E-state index contributed by atoms with van der Waals surface area (Å²) in [6.45, 7) is 5.49. The van der Waals surface area contributed by atoms with Crippen LogP contribution in [0.5, 0.6) is 5.75 Å². The normalized spacial score (nSPS) is 15.4. The average Bonchev–Trinajstić information content (AvgIpc) is 2.49. The first kappa shape index (κ1) is 16.1. The fourth-order valence-electron chi connectivity index (χ4n) is 2.47. The number of quaternary nitrogens is 1. The van der Waals surface area contributed by atoms with Gasteiger partial charge in [0.2, 0.25) is 0 Å². The van der Waals surface area contributed by atoms with Crippen molar-refractivity contribution in [3.63, 3.8) is 0 Å². The number of carbonyl (C=O) groups is 2. The molecule has 120 valence electrons. The quantitative estimate of drug-likeness (QED) is 0.690. The summed E-state index contributed by atoms with van der Waals surface area (Å²) in [4.78, 5) is 26.2. The van der Waals surface area contributed by atoms with Gasteiger partial charge in [0.25, 0.3) is 5.91 Å². The Bertz CT molecular complexity index is 510. The number of phenols is 1. The molecule has 0 radical (unpaired) electrons. The smallest absolute Gasteiger partial charge is 0.414 e. The van der Waals surface area contributed by atoms with Gasteiger partial charge in [0.05, 0.1) is 32.8 Å². The highest BCUT2D eigenvalue weighted by Crippen LogP contribution is 2.17. The molecule has 0 spiro atoms. The SMILES string of the molecule is CCOC(=O)NC(=O)C[NH+]1CCN(c2ccc(O)cc2)CC1. The number of amides is 2. The molecule has 3 N–H and O–H groups in total. The summed E-state index contributed by atoms with van der Waals surface area (Å²) in [6, 6.07) is 7.10. The Kier molecular flexibility index (Phi) is 5.60. The van der Waals surface area contributed by atoms with Crippen LogP contribution in [0.2, 0.25) is 0 Å². The lowest BCUT2D eigenvalue weighted by Gasteiger charge is -2.33. The molecule has 1 aromatic rings. The molecular formula is C15H22N3O4+. The highest BCUT2D eigenvalue weighted by Gasteiger charge is 2.23. The zero-order valence-electron chi connectivity index (χ0n) is 12.7. The second kappa shape index (κ2) is 7.65. The highest BCUT2D eigenvalue weighted by molar-refractivity contribution is 5.92. The maximum atomic E-state index is 11.7. The van der Waals surface area contributed by atoms with Gasteiger partial charge in [-0.1, -0.05) is 0 Å². The van der Waals surface area contributed by atoms with E-state index in [9.17, 15) is 14.7 Å². The van der Waals surface area contributed by atoms with Crippen molar-refractivity contribution in [3.05, 3.63) is 24.3 Å². The van der Waals surface area contributed by atoms with E-state index in [0.29, 0.717) is 0 Å². The van der Waals surface area contributed by atoms with E-state index in [-0.39, 0.29) is 24.8 Å². The number of alkyl carbamates (subject to hydrolysis) is 1. The molecule has 0 saturated carbocycles. The summed E-state index contributed by atoms with van der Waals surface area (Å²) >= 11 is 0. The van der Waals surface area contributed by atoms with Crippen molar-refractivity contribution in [2.75, 3.05) is 44.2 Å². The number of nitrogens with zero attached hydrogens (tertiary/aromatic N) is 1. The van der Waals surface area contributed by atoms with E-state index >= 15 is 0 Å². The molecule has 7 nitrogen and oxygen atoms in total. The van der Waals surface area contributed by atoms with Crippen LogP contribution in [0.4, 0.5) is 10.5 Å². The first-order valence-electron chi connectivity index (χ1n) is 7.42. The highest BCUT2D eigenvalue weighted by atomic mass is 16.5. The van der Waals surface area contributed by atoms with Crippen LogP contribution in [0.25, 0.3) is 0 Å². The Labute approximate surface area is 129 Å². The number of benzene rings is 1. The number of hydrogen-bond acceptors (Lipinski definition) is 5. The molecule has 0 aliphatic carbocycles. The minimum Gasteiger partial charge on any atom is -0.508 e. The molecule has 1 aromatic carbocycles. The fraction of sp³-hybridized carbons (Fsp3) is 0.467. The van der Waals surface area contributed by atoms with E-state index in [4.69, 9.17) is 0 Å². The van der Waals surface area contributed by atoms with Crippen LogP contribution in [0.15, 0.2) is 24.3 Å². The zero-order valence-corrected chi connectivity index (χ0v) is 12.7. The number of piperazine rings is 1. The van der Waals surface area contributed by atoms with Crippen molar-refractivity contribution in [1.82, 2.24) is 5.32 Å². The maximum Gasteiger partial charge on any atom is 0.414 e. The Morgan fingerprint density at radius 1 is 1.27 bits per heavy atom. The Balaban J connectivity index is 1.76. The number of imide groups is 1. The lowest BCUT2D eigenvalue weighted by Crippen LogP contribution is -3.16. The van der Waals surface area contributed by atoms with Crippen molar-refractivity contribution < 1.29 is 24.3 Å². The second-order valence-corrected chi connectivity index (χ2v) is 5.20. The summed E-state index contributed by atoms with van der Waals surface area (Å²) in [7, 11) is 0. The van der Waals surface area contributed by atoms with Gasteiger partial charge < -0.3 is 19.6 Å². The zero-order chi connectivity index (χ0) is 15.9. The van der Waals surface area contributed by atoms with Gasteiger partial charge in [-0.2, -0.15) is 0 Å². The Morgan fingerprint density at radius 3 is 2.50 bits per heavy atom. The number of nitrogens with one attached hydrogen (secondary N) is 2. The van der Waals surface area contributed by atoms with Crippen molar-refractivity contribution >= 4 is 17.7 Å². The minimum atomic E-state index is -0.686. The monoisotopic (exact) mass is 308 g/mol. The van der Waals surface area contributed by atoms with E-state index in [2.05, 4.69) is 15.0 Å². The lowest BCUT2D eigenvalue weighted by molar-refractivity contribution is -0.892. The first-order chi connectivity index (χ1) is 10.6. The van der Waals surface area contributed by atoms with Gasteiger partial charge in [0.15, 0.2) is 6.54 Å². The van der Waals surface area contributed by atoms with Gasteiger partial charge in [0.1, 0.15) is 5.75 Å². The molecule has 1 fully saturated rings. The van der Waals surface area contributed by atoms with Gasteiger partial charge in [-0.25, -0.2) is 4.79 Å². The predicted octanol–water partition coefficient (Wildman–Crippen LogP) is -0.630. The van der Waals surface area contributed by atoms with Gasteiger partial charge in [-0.3, -0.25) is 10.1 Å². The van der Waals surface area contributed by atoms with E-state index < -0.39 is 6.09 Å². The van der Waals surface area contributed by atoms with Crippen LogP contribution in [0.3, 0.4) is 0 Å². The third-order valence-corrected chi connectivity index (χ3v) is 3.61. The van der Waals surface area contributed by atoms with Crippen LogP contribution in [-0.4, -0.2) is 56.4 Å². The number of carbonyl (C=O) groups excluding carboxylic acids is 2. The predicted molar refractivity (Wildman–Crippen MR) is 81.0 cm³/mol.